The van der Waals surface area contributed by atoms with E-state index in [1.807, 2.05) is 0 Å². The van der Waals surface area contributed by atoms with Crippen molar-refractivity contribution in [1.29, 1.82) is 0 Å². The third-order valence-electron chi connectivity index (χ3n) is 7.79. The van der Waals surface area contributed by atoms with Crippen molar-refractivity contribution in [2.75, 3.05) is 11.5 Å². The minimum Gasteiger partial charge on any atom is -0.463 e. The average Bonchev–Trinajstić information content (AvgIpc) is 2.95. The Morgan fingerprint density at radius 3 is 0.976 bits per heavy atom. The van der Waals surface area contributed by atoms with Crippen LogP contribution in [0, 0.1) is 0 Å². The number of esters is 2. The minimum atomic E-state index is -0.127. The summed E-state index contributed by atoms with van der Waals surface area (Å²) < 4.78 is 10.8. The fourth-order valence-electron chi connectivity index (χ4n) is 5.31. The molecule has 0 aromatic rings. The van der Waals surface area contributed by atoms with Crippen LogP contribution in [0.25, 0.3) is 0 Å². The van der Waals surface area contributed by atoms with Crippen LogP contribution in [0.1, 0.15) is 195 Å². The SMILES string of the molecule is CCCCC(CCCCCCCCCCCS)OC(C)=O.CCCCCC(CCCCCCCCCCS)OC(C)=O. The Labute approximate surface area is 273 Å². The summed E-state index contributed by atoms with van der Waals surface area (Å²) in [4.78, 5) is 22.2. The van der Waals surface area contributed by atoms with Crippen molar-refractivity contribution >= 4 is 37.2 Å². The number of ether oxygens (including phenoxy) is 2. The highest BCUT2D eigenvalue weighted by molar-refractivity contribution is 7.80. The molecule has 0 fully saturated rings. The van der Waals surface area contributed by atoms with E-state index in [1.165, 1.54) is 149 Å². The lowest BCUT2D eigenvalue weighted by Gasteiger charge is -2.16. The van der Waals surface area contributed by atoms with E-state index in [4.69, 9.17) is 9.47 Å². The monoisotopic (exact) mass is 632 g/mol. The van der Waals surface area contributed by atoms with Crippen LogP contribution in [-0.2, 0) is 19.1 Å². The molecule has 2 unspecified atom stereocenters. The topological polar surface area (TPSA) is 52.6 Å². The second-order valence-electron chi connectivity index (χ2n) is 12.1. The normalized spacial score (nSPS) is 12.3. The molecule has 0 N–H and O–H groups in total. The molecule has 0 heterocycles. The van der Waals surface area contributed by atoms with E-state index < -0.39 is 0 Å². The lowest BCUT2D eigenvalue weighted by molar-refractivity contribution is -0.148. The molecule has 4 nitrogen and oxygen atoms in total. The molecule has 6 heteroatoms. The second kappa shape index (κ2) is 36.8. The van der Waals surface area contributed by atoms with Crippen LogP contribution in [0.15, 0.2) is 0 Å². The number of hydrogen-bond donors (Lipinski definition) is 2. The number of rotatable bonds is 30. The predicted molar refractivity (Wildman–Crippen MR) is 190 cm³/mol. The Balaban J connectivity index is 0. The van der Waals surface area contributed by atoms with Gasteiger partial charge in [-0.1, -0.05) is 123 Å². The average molecular weight is 633 g/mol. The van der Waals surface area contributed by atoms with Gasteiger partial charge in [0.15, 0.2) is 0 Å². The third-order valence-corrected chi connectivity index (χ3v) is 8.43. The van der Waals surface area contributed by atoms with Gasteiger partial charge in [0.2, 0.25) is 0 Å². The molecule has 252 valence electrons. The van der Waals surface area contributed by atoms with Crippen LogP contribution in [0.4, 0.5) is 0 Å². The molecule has 0 rings (SSSR count). The lowest BCUT2D eigenvalue weighted by Crippen LogP contribution is -2.16. The molecule has 0 aliphatic heterocycles. The Hall–Kier alpha value is -0.360. The number of carbonyl (C=O) groups excluding carboxylic acids is 2. The maximum atomic E-state index is 11.1. The van der Waals surface area contributed by atoms with Gasteiger partial charge in [-0.25, -0.2) is 0 Å². The van der Waals surface area contributed by atoms with E-state index in [9.17, 15) is 9.59 Å². The van der Waals surface area contributed by atoms with Gasteiger partial charge in [-0.15, -0.1) is 0 Å². The van der Waals surface area contributed by atoms with Crippen molar-refractivity contribution in [2.24, 2.45) is 0 Å². The quantitative estimate of drug-likeness (QED) is 0.0470. The van der Waals surface area contributed by atoms with Crippen LogP contribution in [0.3, 0.4) is 0 Å². The van der Waals surface area contributed by atoms with Crippen molar-refractivity contribution < 1.29 is 19.1 Å². The third kappa shape index (κ3) is 37.7. The van der Waals surface area contributed by atoms with E-state index in [1.54, 1.807) is 0 Å². The van der Waals surface area contributed by atoms with E-state index in [2.05, 4.69) is 39.1 Å². The molecule has 0 saturated heterocycles. The van der Waals surface area contributed by atoms with Crippen LogP contribution in [0.5, 0.6) is 0 Å². The smallest absolute Gasteiger partial charge is 0.302 e. The highest BCUT2D eigenvalue weighted by Gasteiger charge is 2.12. The van der Waals surface area contributed by atoms with Gasteiger partial charge in [-0.05, 0) is 69.3 Å². The van der Waals surface area contributed by atoms with Crippen LogP contribution in [-0.4, -0.2) is 35.7 Å². The van der Waals surface area contributed by atoms with Gasteiger partial charge in [0.25, 0.3) is 0 Å². The number of carbonyl (C=O) groups is 2. The first-order valence-corrected chi connectivity index (χ1v) is 19.2. The van der Waals surface area contributed by atoms with Crippen LogP contribution >= 0.6 is 25.3 Å². The molecule has 0 spiro atoms. The molecule has 0 radical (unpaired) electrons. The standard InChI is InChI=1S/2C18H36O2S/c1-3-4-14-18(20-17(2)19)15-12-10-8-6-5-7-9-11-13-16-21;1-3-4-11-14-18(20-17(2)19)15-12-9-7-5-6-8-10-13-16-21/h2*18,21H,3-16H2,1-2H3. The molecular formula is C36H72O4S2. The fraction of sp³-hybridized carbons (Fsp3) is 0.944. The van der Waals surface area contributed by atoms with E-state index in [0.29, 0.717) is 0 Å². The zero-order valence-electron chi connectivity index (χ0n) is 28.5. The Kier molecular flexibility index (Phi) is 38.4. The highest BCUT2D eigenvalue weighted by atomic mass is 32.1. The lowest BCUT2D eigenvalue weighted by atomic mass is 10.0. The Morgan fingerprint density at radius 2 is 0.690 bits per heavy atom. The van der Waals surface area contributed by atoms with E-state index >= 15 is 0 Å². The molecule has 2 atom stereocenters. The van der Waals surface area contributed by atoms with Crippen LogP contribution < -0.4 is 0 Å². The van der Waals surface area contributed by atoms with Gasteiger partial charge in [-0.3, -0.25) is 9.59 Å². The molecule has 0 aliphatic rings. The maximum absolute atomic E-state index is 11.1. The summed E-state index contributed by atoms with van der Waals surface area (Å²) in [5.74, 6) is 1.80. The van der Waals surface area contributed by atoms with Gasteiger partial charge in [0.1, 0.15) is 12.2 Å². The number of thiol groups is 2. The highest BCUT2D eigenvalue weighted by Crippen LogP contribution is 2.17. The molecule has 0 saturated carbocycles. The Bertz CT molecular complexity index is 559. The predicted octanol–water partition coefficient (Wildman–Crippen LogP) is 11.9. The summed E-state index contributed by atoms with van der Waals surface area (Å²) in [6, 6.07) is 0. The van der Waals surface area contributed by atoms with Crippen molar-refractivity contribution in [3.63, 3.8) is 0 Å². The minimum absolute atomic E-state index is 0.124. The van der Waals surface area contributed by atoms with Crippen LogP contribution in [0.2, 0.25) is 0 Å². The fourth-order valence-corrected chi connectivity index (χ4v) is 5.76. The molecule has 0 aromatic heterocycles. The molecular weight excluding hydrogens is 561 g/mol. The van der Waals surface area contributed by atoms with Gasteiger partial charge in [-0.2, -0.15) is 25.3 Å². The van der Waals surface area contributed by atoms with Gasteiger partial charge < -0.3 is 9.47 Å². The molecule has 42 heavy (non-hydrogen) atoms. The molecule has 0 aliphatic carbocycles. The van der Waals surface area contributed by atoms with Crippen molar-refractivity contribution in [2.45, 2.75) is 207 Å². The van der Waals surface area contributed by atoms with Crippen molar-refractivity contribution in [3.8, 4) is 0 Å². The zero-order chi connectivity index (χ0) is 31.5. The first-order chi connectivity index (χ1) is 20.4. The first kappa shape index (κ1) is 43.8. The number of unbranched alkanes of at least 4 members (excludes halogenated alkanes) is 18. The molecule has 0 bridgehead atoms. The van der Waals surface area contributed by atoms with E-state index in [0.717, 1.165) is 43.6 Å². The maximum Gasteiger partial charge on any atom is 0.302 e. The summed E-state index contributed by atoms with van der Waals surface area (Å²) in [6.45, 7) is 7.43. The summed E-state index contributed by atoms with van der Waals surface area (Å²) in [5.41, 5.74) is 0. The largest absolute Gasteiger partial charge is 0.463 e. The van der Waals surface area contributed by atoms with Gasteiger partial charge in [0.05, 0.1) is 0 Å². The summed E-state index contributed by atoms with van der Waals surface area (Å²) >= 11 is 8.46. The number of hydrogen-bond acceptors (Lipinski definition) is 6. The first-order valence-electron chi connectivity index (χ1n) is 18.0. The Morgan fingerprint density at radius 1 is 0.429 bits per heavy atom. The van der Waals surface area contributed by atoms with E-state index in [-0.39, 0.29) is 24.1 Å². The van der Waals surface area contributed by atoms with Gasteiger partial charge >= 0.3 is 11.9 Å². The molecule has 0 aromatic carbocycles. The summed E-state index contributed by atoms with van der Waals surface area (Å²) in [6.07, 6.45) is 32.7. The zero-order valence-corrected chi connectivity index (χ0v) is 30.3. The van der Waals surface area contributed by atoms with Crippen molar-refractivity contribution in [1.82, 2.24) is 0 Å². The second-order valence-corrected chi connectivity index (χ2v) is 13.0. The molecule has 0 amide bonds. The summed E-state index contributed by atoms with van der Waals surface area (Å²) in [5, 5.41) is 0. The van der Waals surface area contributed by atoms with Crippen molar-refractivity contribution in [3.05, 3.63) is 0 Å². The van der Waals surface area contributed by atoms with Gasteiger partial charge in [0, 0.05) is 13.8 Å². The summed E-state index contributed by atoms with van der Waals surface area (Å²) in [7, 11) is 0.